The van der Waals surface area contributed by atoms with Crippen LogP contribution in [0.4, 0.5) is 5.69 Å². The molecule has 2 rings (SSSR count). The molecule has 1 heterocycles. The van der Waals surface area contributed by atoms with Gasteiger partial charge in [0.15, 0.2) is 6.61 Å². The van der Waals surface area contributed by atoms with Crippen LogP contribution in [-0.4, -0.2) is 57.1 Å². The number of carbonyl (C=O) groups excluding carboxylic acids is 2. The second-order valence-corrected chi connectivity index (χ2v) is 8.02. The summed E-state index contributed by atoms with van der Waals surface area (Å²) in [5.41, 5.74) is 1.95. The number of likely N-dealkylation sites (N-methyl/N-ethyl adjacent to an activating group) is 1. The monoisotopic (exact) mass is 361 g/mol. The lowest BCUT2D eigenvalue weighted by Crippen LogP contribution is -2.40. The van der Waals surface area contributed by atoms with Crippen molar-refractivity contribution in [3.8, 4) is 5.75 Å². The van der Waals surface area contributed by atoms with Gasteiger partial charge in [0.2, 0.25) is 5.91 Å². The van der Waals surface area contributed by atoms with Crippen LogP contribution in [-0.2, 0) is 15.0 Å². The molecule has 0 fully saturated rings. The highest BCUT2D eigenvalue weighted by Crippen LogP contribution is 2.36. The molecular formula is C20H31N3O3. The van der Waals surface area contributed by atoms with Crippen LogP contribution in [0, 0.1) is 0 Å². The Morgan fingerprint density at radius 2 is 2.04 bits per heavy atom. The number of benzene rings is 1. The van der Waals surface area contributed by atoms with Gasteiger partial charge in [-0.2, -0.15) is 0 Å². The van der Waals surface area contributed by atoms with Crippen LogP contribution in [0.5, 0.6) is 5.75 Å². The van der Waals surface area contributed by atoms with E-state index in [1.807, 2.05) is 37.2 Å². The van der Waals surface area contributed by atoms with E-state index in [-0.39, 0.29) is 23.8 Å². The maximum absolute atomic E-state index is 12.3. The summed E-state index contributed by atoms with van der Waals surface area (Å²) in [6.45, 7) is 8.45. The van der Waals surface area contributed by atoms with Gasteiger partial charge in [-0.15, -0.1) is 0 Å². The molecule has 0 aliphatic carbocycles. The number of hydrogen-bond acceptors (Lipinski definition) is 4. The molecule has 0 spiro atoms. The Hall–Kier alpha value is -2.08. The number of amides is 2. The molecule has 0 bridgehead atoms. The van der Waals surface area contributed by atoms with E-state index in [4.69, 9.17) is 4.74 Å². The van der Waals surface area contributed by atoms with Crippen LogP contribution in [0.3, 0.4) is 0 Å². The molecule has 6 nitrogen and oxygen atoms in total. The number of hydrogen-bond donors (Lipinski definition) is 1. The first-order chi connectivity index (χ1) is 12.2. The van der Waals surface area contributed by atoms with Crippen molar-refractivity contribution in [1.29, 1.82) is 0 Å². The third kappa shape index (κ3) is 5.46. The number of carbonyl (C=O) groups is 2. The smallest absolute Gasteiger partial charge is 0.265 e. The molecule has 0 aromatic heterocycles. The summed E-state index contributed by atoms with van der Waals surface area (Å²) < 4.78 is 5.56. The first-order valence-corrected chi connectivity index (χ1v) is 9.17. The molecule has 0 saturated carbocycles. The van der Waals surface area contributed by atoms with Crippen molar-refractivity contribution < 1.29 is 14.3 Å². The Morgan fingerprint density at radius 1 is 1.31 bits per heavy atom. The summed E-state index contributed by atoms with van der Waals surface area (Å²) in [5.74, 6) is 0.695. The van der Waals surface area contributed by atoms with E-state index in [9.17, 15) is 9.59 Å². The van der Waals surface area contributed by atoms with Crippen molar-refractivity contribution in [1.82, 2.24) is 10.2 Å². The van der Waals surface area contributed by atoms with E-state index in [2.05, 4.69) is 26.1 Å². The predicted octanol–water partition coefficient (Wildman–Crippen LogP) is 2.17. The molecule has 6 heteroatoms. The third-order valence-corrected chi connectivity index (χ3v) is 4.43. The average molecular weight is 361 g/mol. The van der Waals surface area contributed by atoms with Crippen molar-refractivity contribution in [3.63, 3.8) is 0 Å². The number of ether oxygens (including phenoxy) is 1. The van der Waals surface area contributed by atoms with Crippen LogP contribution >= 0.6 is 0 Å². The zero-order chi connectivity index (χ0) is 19.3. The van der Waals surface area contributed by atoms with Crippen molar-refractivity contribution in [2.24, 2.45) is 0 Å². The fourth-order valence-corrected chi connectivity index (χ4v) is 2.82. The van der Waals surface area contributed by atoms with Crippen LogP contribution in [0.1, 0.15) is 39.2 Å². The zero-order valence-electron chi connectivity index (χ0n) is 16.6. The van der Waals surface area contributed by atoms with E-state index < -0.39 is 0 Å². The molecule has 1 aromatic carbocycles. The van der Waals surface area contributed by atoms with E-state index >= 15 is 0 Å². The average Bonchev–Trinajstić information content (AvgIpc) is 2.55. The van der Waals surface area contributed by atoms with Gasteiger partial charge in [0.05, 0.1) is 5.69 Å². The molecule has 0 atom stereocenters. The Balaban J connectivity index is 1.97. The van der Waals surface area contributed by atoms with Gasteiger partial charge in [-0.05, 0) is 43.6 Å². The zero-order valence-corrected chi connectivity index (χ0v) is 16.6. The fourth-order valence-electron chi connectivity index (χ4n) is 2.82. The van der Waals surface area contributed by atoms with Gasteiger partial charge in [-0.3, -0.25) is 9.59 Å². The van der Waals surface area contributed by atoms with Crippen molar-refractivity contribution in [2.75, 3.05) is 45.2 Å². The lowest BCUT2D eigenvalue weighted by Gasteiger charge is -2.31. The van der Waals surface area contributed by atoms with Gasteiger partial charge in [0, 0.05) is 26.1 Å². The number of fused-ring (bicyclic) bond motifs is 1. The van der Waals surface area contributed by atoms with Crippen LogP contribution in [0.2, 0.25) is 0 Å². The predicted molar refractivity (Wildman–Crippen MR) is 104 cm³/mol. The molecule has 1 aromatic rings. The van der Waals surface area contributed by atoms with Gasteiger partial charge in [-0.1, -0.05) is 26.8 Å². The summed E-state index contributed by atoms with van der Waals surface area (Å²) in [7, 11) is 3.94. The van der Waals surface area contributed by atoms with Gasteiger partial charge < -0.3 is 19.9 Å². The van der Waals surface area contributed by atoms with Gasteiger partial charge in [0.1, 0.15) is 5.75 Å². The van der Waals surface area contributed by atoms with E-state index in [1.165, 1.54) is 0 Å². The minimum Gasteiger partial charge on any atom is -0.482 e. The molecule has 0 radical (unpaired) electrons. The van der Waals surface area contributed by atoms with Gasteiger partial charge >= 0.3 is 0 Å². The SMILES string of the molecule is CN(C)CCNC(=O)CCCN1C(=O)COc2ccc(C(C)(C)C)cc21. The number of anilines is 1. The minimum absolute atomic E-state index is 0.00643. The molecule has 1 aliphatic heterocycles. The van der Waals surface area contributed by atoms with Crippen LogP contribution in [0.15, 0.2) is 18.2 Å². The number of nitrogens with one attached hydrogen (secondary N) is 1. The summed E-state index contributed by atoms with van der Waals surface area (Å²) in [6, 6.07) is 6.01. The highest BCUT2D eigenvalue weighted by molar-refractivity contribution is 5.98. The highest BCUT2D eigenvalue weighted by Gasteiger charge is 2.27. The van der Waals surface area contributed by atoms with Crippen molar-refractivity contribution in [3.05, 3.63) is 23.8 Å². The largest absolute Gasteiger partial charge is 0.482 e. The molecule has 144 valence electrons. The van der Waals surface area contributed by atoms with Crippen LogP contribution in [0.25, 0.3) is 0 Å². The van der Waals surface area contributed by atoms with Gasteiger partial charge in [-0.25, -0.2) is 0 Å². The first-order valence-electron chi connectivity index (χ1n) is 9.17. The lowest BCUT2D eigenvalue weighted by molar-refractivity contribution is -0.122. The summed E-state index contributed by atoms with van der Waals surface area (Å²) >= 11 is 0. The molecule has 1 N–H and O–H groups in total. The Labute approximate surface area is 156 Å². The minimum atomic E-state index is -0.0587. The number of nitrogens with zero attached hydrogens (tertiary/aromatic N) is 2. The van der Waals surface area contributed by atoms with Gasteiger partial charge in [0.25, 0.3) is 5.91 Å². The van der Waals surface area contributed by atoms with Crippen molar-refractivity contribution >= 4 is 17.5 Å². The normalized spacial score (nSPS) is 14.2. The Morgan fingerprint density at radius 3 is 2.69 bits per heavy atom. The maximum atomic E-state index is 12.3. The summed E-state index contributed by atoms with van der Waals surface area (Å²) in [6.07, 6.45) is 1.03. The summed E-state index contributed by atoms with van der Waals surface area (Å²) in [4.78, 5) is 28.0. The van der Waals surface area contributed by atoms with E-state index in [0.717, 1.165) is 23.5 Å². The van der Waals surface area contributed by atoms with E-state index in [1.54, 1.807) is 4.90 Å². The highest BCUT2D eigenvalue weighted by atomic mass is 16.5. The summed E-state index contributed by atoms with van der Waals surface area (Å²) in [5, 5.41) is 2.90. The lowest BCUT2D eigenvalue weighted by atomic mass is 9.86. The first kappa shape index (κ1) is 20.2. The molecule has 0 saturated heterocycles. The quantitative estimate of drug-likeness (QED) is 0.808. The standard InChI is InChI=1S/C20H31N3O3/c1-20(2,3)15-8-9-17-16(13-15)23(19(25)14-26-17)11-6-7-18(24)21-10-12-22(4)5/h8-9,13H,6-7,10-12,14H2,1-5H3,(H,21,24). The fraction of sp³-hybridized carbons (Fsp3) is 0.600. The number of rotatable bonds is 7. The maximum Gasteiger partial charge on any atom is 0.265 e. The Bertz CT molecular complexity index is 650. The van der Waals surface area contributed by atoms with Crippen LogP contribution < -0.4 is 15.0 Å². The second-order valence-electron chi connectivity index (χ2n) is 8.02. The molecule has 1 aliphatic rings. The molecule has 26 heavy (non-hydrogen) atoms. The van der Waals surface area contributed by atoms with E-state index in [0.29, 0.717) is 25.9 Å². The molecule has 0 unspecified atom stereocenters. The Kier molecular flexibility index (Phi) is 6.64. The second kappa shape index (κ2) is 8.54. The molecular weight excluding hydrogens is 330 g/mol. The van der Waals surface area contributed by atoms with Crippen molar-refractivity contribution in [2.45, 2.75) is 39.0 Å². The topological polar surface area (TPSA) is 61.9 Å². The third-order valence-electron chi connectivity index (χ3n) is 4.43. The molecule has 2 amide bonds.